The predicted molar refractivity (Wildman–Crippen MR) is 100 cm³/mol. The summed E-state index contributed by atoms with van der Waals surface area (Å²) < 4.78 is 43.9. The van der Waals surface area contributed by atoms with Gasteiger partial charge in [-0.05, 0) is 49.7 Å². The topological polar surface area (TPSA) is 51.2 Å². The summed E-state index contributed by atoms with van der Waals surface area (Å²) in [6.07, 6.45) is -4.43. The van der Waals surface area contributed by atoms with Crippen molar-refractivity contribution in [3.05, 3.63) is 70.9 Å². The summed E-state index contributed by atoms with van der Waals surface area (Å²) in [5.41, 5.74) is 1.22. The van der Waals surface area contributed by atoms with E-state index in [1.807, 2.05) is 0 Å². The molecule has 2 aromatic carbocycles. The van der Waals surface area contributed by atoms with Crippen LogP contribution in [0.15, 0.2) is 48.5 Å². The lowest BCUT2D eigenvalue weighted by Gasteiger charge is -2.17. The average molecular weight is 388 g/mol. The van der Waals surface area contributed by atoms with E-state index < -0.39 is 23.7 Å². The zero-order valence-electron chi connectivity index (χ0n) is 15.6. The van der Waals surface area contributed by atoms with E-state index in [0.29, 0.717) is 28.1 Å². The van der Waals surface area contributed by atoms with Crippen LogP contribution in [0.25, 0.3) is 10.9 Å². The van der Waals surface area contributed by atoms with Gasteiger partial charge in [-0.1, -0.05) is 12.1 Å². The lowest BCUT2D eigenvalue weighted by Crippen LogP contribution is -2.27. The molecule has 0 saturated carbocycles. The van der Waals surface area contributed by atoms with E-state index in [-0.39, 0.29) is 0 Å². The summed E-state index contributed by atoms with van der Waals surface area (Å²) in [5.74, 6) is 0.266. The number of hydrogen-bond donors (Lipinski definition) is 1. The average Bonchev–Trinajstić information content (AvgIpc) is 2.66. The van der Waals surface area contributed by atoms with Crippen molar-refractivity contribution in [3.63, 3.8) is 0 Å². The molecule has 1 amide bonds. The van der Waals surface area contributed by atoms with Crippen LogP contribution in [0.4, 0.5) is 13.2 Å². The van der Waals surface area contributed by atoms with E-state index in [0.717, 1.165) is 17.5 Å². The SMILES string of the molecule is COc1ccc2cc(C(=O)NC(C)c3cccc(C(F)(F)F)c3)c(C)nc2c1. The van der Waals surface area contributed by atoms with Crippen molar-refractivity contribution in [2.24, 2.45) is 0 Å². The van der Waals surface area contributed by atoms with Gasteiger partial charge in [0.2, 0.25) is 0 Å². The number of hydrogen-bond acceptors (Lipinski definition) is 3. The van der Waals surface area contributed by atoms with Gasteiger partial charge in [0, 0.05) is 11.5 Å². The zero-order valence-corrected chi connectivity index (χ0v) is 15.6. The molecule has 0 aliphatic rings. The maximum atomic E-state index is 12.9. The minimum absolute atomic E-state index is 0.372. The van der Waals surface area contributed by atoms with Gasteiger partial charge in [-0.2, -0.15) is 13.2 Å². The maximum Gasteiger partial charge on any atom is 0.416 e. The number of aromatic nitrogens is 1. The number of alkyl halides is 3. The number of rotatable bonds is 4. The van der Waals surface area contributed by atoms with Crippen molar-refractivity contribution in [3.8, 4) is 5.75 Å². The minimum Gasteiger partial charge on any atom is -0.497 e. The molecule has 1 atom stereocenters. The number of nitrogens with one attached hydrogen (secondary N) is 1. The molecule has 0 radical (unpaired) electrons. The van der Waals surface area contributed by atoms with Crippen LogP contribution >= 0.6 is 0 Å². The highest BCUT2D eigenvalue weighted by Crippen LogP contribution is 2.31. The molecule has 0 aliphatic heterocycles. The summed E-state index contributed by atoms with van der Waals surface area (Å²) in [5, 5.41) is 3.52. The van der Waals surface area contributed by atoms with E-state index in [2.05, 4.69) is 10.3 Å². The van der Waals surface area contributed by atoms with Crippen LogP contribution in [0.5, 0.6) is 5.75 Å². The van der Waals surface area contributed by atoms with E-state index in [1.54, 1.807) is 51.3 Å². The van der Waals surface area contributed by atoms with Crippen LogP contribution in [0.1, 0.15) is 40.1 Å². The molecule has 3 rings (SSSR count). The molecule has 1 aromatic heterocycles. The van der Waals surface area contributed by atoms with Crippen LogP contribution in [0.2, 0.25) is 0 Å². The first kappa shape index (κ1) is 19.7. The van der Waals surface area contributed by atoms with Gasteiger partial charge in [0.1, 0.15) is 5.75 Å². The Morgan fingerprint density at radius 2 is 1.89 bits per heavy atom. The molecule has 28 heavy (non-hydrogen) atoms. The van der Waals surface area contributed by atoms with Gasteiger partial charge in [0.05, 0.1) is 35.5 Å². The van der Waals surface area contributed by atoms with Crippen molar-refractivity contribution in [1.29, 1.82) is 0 Å². The van der Waals surface area contributed by atoms with Crippen LogP contribution < -0.4 is 10.1 Å². The fourth-order valence-electron chi connectivity index (χ4n) is 2.94. The van der Waals surface area contributed by atoms with Crippen LogP contribution in [-0.2, 0) is 6.18 Å². The number of ether oxygens (including phenoxy) is 1. The summed E-state index contributed by atoms with van der Waals surface area (Å²) in [6, 6.07) is 11.4. The number of halogens is 3. The summed E-state index contributed by atoms with van der Waals surface area (Å²) in [7, 11) is 1.56. The second kappa shape index (κ2) is 7.50. The first-order valence-electron chi connectivity index (χ1n) is 8.62. The fraction of sp³-hybridized carbons (Fsp3) is 0.238. The van der Waals surface area contributed by atoms with E-state index in [1.165, 1.54) is 6.07 Å². The molecule has 1 N–H and O–H groups in total. The molecule has 0 bridgehead atoms. The second-order valence-corrected chi connectivity index (χ2v) is 6.50. The van der Waals surface area contributed by atoms with Gasteiger partial charge in [0.15, 0.2) is 0 Å². The Morgan fingerprint density at radius 1 is 1.14 bits per heavy atom. The normalized spacial score (nSPS) is 12.6. The molecule has 4 nitrogen and oxygen atoms in total. The van der Waals surface area contributed by atoms with Crippen molar-refractivity contribution in [2.45, 2.75) is 26.1 Å². The molecule has 1 heterocycles. The molecule has 0 aliphatic carbocycles. The molecule has 1 unspecified atom stereocenters. The highest BCUT2D eigenvalue weighted by molar-refractivity contribution is 5.99. The highest BCUT2D eigenvalue weighted by Gasteiger charge is 2.30. The second-order valence-electron chi connectivity index (χ2n) is 6.50. The Bertz CT molecular complexity index is 1030. The van der Waals surface area contributed by atoms with E-state index in [9.17, 15) is 18.0 Å². The summed E-state index contributed by atoms with van der Waals surface area (Å²) in [4.78, 5) is 17.1. The number of nitrogens with zero attached hydrogens (tertiary/aromatic N) is 1. The number of carbonyl (C=O) groups is 1. The first-order chi connectivity index (χ1) is 13.2. The third kappa shape index (κ3) is 4.08. The molecule has 0 saturated heterocycles. The number of aryl methyl sites for hydroxylation is 1. The van der Waals surface area contributed by atoms with Crippen LogP contribution in [0.3, 0.4) is 0 Å². The summed E-state index contributed by atoms with van der Waals surface area (Å²) >= 11 is 0. The Labute approximate surface area is 160 Å². The number of benzene rings is 2. The number of amides is 1. The molecular weight excluding hydrogens is 369 g/mol. The molecular formula is C21H19F3N2O2. The summed E-state index contributed by atoms with van der Waals surface area (Å²) in [6.45, 7) is 3.35. The van der Waals surface area contributed by atoms with Crippen molar-refractivity contribution in [1.82, 2.24) is 10.3 Å². The third-order valence-electron chi connectivity index (χ3n) is 4.52. The van der Waals surface area contributed by atoms with Crippen LogP contribution in [0, 0.1) is 6.92 Å². The van der Waals surface area contributed by atoms with Gasteiger partial charge >= 0.3 is 6.18 Å². The quantitative estimate of drug-likeness (QED) is 0.680. The van der Waals surface area contributed by atoms with Crippen LogP contribution in [-0.4, -0.2) is 18.0 Å². The van der Waals surface area contributed by atoms with Gasteiger partial charge in [-0.25, -0.2) is 0 Å². The number of pyridine rings is 1. The predicted octanol–water partition coefficient (Wildman–Crippen LogP) is 5.06. The van der Waals surface area contributed by atoms with Crippen molar-refractivity contribution in [2.75, 3.05) is 7.11 Å². The smallest absolute Gasteiger partial charge is 0.416 e. The Morgan fingerprint density at radius 3 is 2.57 bits per heavy atom. The Hall–Kier alpha value is -3.09. The van der Waals surface area contributed by atoms with Gasteiger partial charge in [0.25, 0.3) is 5.91 Å². The van der Waals surface area contributed by atoms with E-state index >= 15 is 0 Å². The van der Waals surface area contributed by atoms with E-state index in [4.69, 9.17) is 4.74 Å². The number of carbonyl (C=O) groups excluding carboxylic acids is 1. The van der Waals surface area contributed by atoms with Crippen molar-refractivity contribution < 1.29 is 22.7 Å². The fourth-order valence-corrected chi connectivity index (χ4v) is 2.94. The monoisotopic (exact) mass is 388 g/mol. The maximum absolute atomic E-state index is 12.9. The third-order valence-corrected chi connectivity index (χ3v) is 4.52. The molecule has 3 aromatic rings. The number of methoxy groups -OCH3 is 1. The Balaban J connectivity index is 1.85. The van der Waals surface area contributed by atoms with Gasteiger partial charge < -0.3 is 10.1 Å². The molecule has 0 spiro atoms. The Kier molecular flexibility index (Phi) is 5.27. The zero-order chi connectivity index (χ0) is 20.5. The minimum atomic E-state index is -4.43. The van der Waals surface area contributed by atoms with Gasteiger partial charge in [-0.15, -0.1) is 0 Å². The lowest BCUT2D eigenvalue weighted by atomic mass is 10.0. The lowest BCUT2D eigenvalue weighted by molar-refractivity contribution is -0.137. The first-order valence-corrected chi connectivity index (χ1v) is 8.62. The molecule has 0 fully saturated rings. The van der Waals surface area contributed by atoms with Crippen molar-refractivity contribution >= 4 is 16.8 Å². The highest BCUT2D eigenvalue weighted by atomic mass is 19.4. The standard InChI is InChI=1S/C21H19F3N2O2/c1-12(14-5-4-6-16(9-14)21(22,23)24)26-20(27)18-10-15-7-8-17(28-3)11-19(15)25-13(18)2/h4-12H,1-3H3,(H,26,27). The number of fused-ring (bicyclic) bond motifs is 1. The molecule has 146 valence electrons. The molecule has 7 heteroatoms. The largest absolute Gasteiger partial charge is 0.497 e. The van der Waals surface area contributed by atoms with Gasteiger partial charge in [-0.3, -0.25) is 9.78 Å².